The predicted molar refractivity (Wildman–Crippen MR) is 77.3 cm³/mol. The lowest BCUT2D eigenvalue weighted by atomic mass is 10.2. The second-order valence-corrected chi connectivity index (χ2v) is 5.87. The first-order chi connectivity index (χ1) is 8.61. The average Bonchev–Trinajstić information content (AvgIpc) is 2.72. The van der Waals surface area contributed by atoms with E-state index in [1.165, 1.54) is 10.9 Å². The van der Waals surface area contributed by atoms with Gasteiger partial charge in [-0.3, -0.25) is 0 Å². The highest BCUT2D eigenvalue weighted by atomic mass is 79.9. The van der Waals surface area contributed by atoms with Gasteiger partial charge >= 0.3 is 0 Å². The van der Waals surface area contributed by atoms with E-state index in [9.17, 15) is 4.39 Å². The van der Waals surface area contributed by atoms with Crippen molar-refractivity contribution < 1.29 is 4.39 Å². The summed E-state index contributed by atoms with van der Waals surface area (Å²) in [4.78, 5) is 5.77. The van der Waals surface area contributed by atoms with E-state index in [1.54, 1.807) is 23.5 Å². The molecule has 18 heavy (non-hydrogen) atoms. The summed E-state index contributed by atoms with van der Waals surface area (Å²) in [5.74, 6) is -0.250. The number of nitrogens with zero attached hydrogens (tertiary/aromatic N) is 1. The van der Waals surface area contributed by atoms with E-state index in [2.05, 4.69) is 33.2 Å². The van der Waals surface area contributed by atoms with Crippen LogP contribution in [-0.2, 0) is 6.54 Å². The van der Waals surface area contributed by atoms with E-state index in [4.69, 9.17) is 0 Å². The van der Waals surface area contributed by atoms with Crippen molar-refractivity contribution in [3.8, 4) is 10.6 Å². The molecular formula is C13H14BrFN2S. The van der Waals surface area contributed by atoms with E-state index in [0.717, 1.165) is 29.4 Å². The minimum absolute atomic E-state index is 0.250. The molecule has 0 aliphatic carbocycles. The minimum atomic E-state index is -0.250. The van der Waals surface area contributed by atoms with E-state index in [0.29, 0.717) is 4.47 Å². The molecule has 1 heterocycles. The first-order valence-corrected chi connectivity index (χ1v) is 7.35. The van der Waals surface area contributed by atoms with Gasteiger partial charge in [0.25, 0.3) is 0 Å². The first kappa shape index (κ1) is 13.6. The van der Waals surface area contributed by atoms with Crippen LogP contribution in [0.5, 0.6) is 0 Å². The second kappa shape index (κ2) is 5.91. The van der Waals surface area contributed by atoms with Gasteiger partial charge in [-0.25, -0.2) is 9.37 Å². The highest BCUT2D eigenvalue weighted by Gasteiger charge is 2.10. The summed E-state index contributed by atoms with van der Waals surface area (Å²) in [5.41, 5.74) is 1.98. The summed E-state index contributed by atoms with van der Waals surface area (Å²) in [6, 6.07) is 4.99. The van der Waals surface area contributed by atoms with Crippen LogP contribution in [0.1, 0.15) is 17.5 Å². The molecule has 1 aromatic heterocycles. The van der Waals surface area contributed by atoms with Gasteiger partial charge in [-0.05, 0) is 47.6 Å². The third kappa shape index (κ3) is 2.96. The number of halogens is 2. The summed E-state index contributed by atoms with van der Waals surface area (Å²) >= 11 is 4.85. The maximum Gasteiger partial charge on any atom is 0.137 e. The number of hydrogen-bond donors (Lipinski definition) is 1. The molecule has 2 aromatic rings. The number of aromatic nitrogens is 1. The molecule has 0 fully saturated rings. The van der Waals surface area contributed by atoms with Crippen molar-refractivity contribution in [3.63, 3.8) is 0 Å². The molecule has 0 saturated heterocycles. The number of aryl methyl sites for hydroxylation is 1. The zero-order valence-electron chi connectivity index (χ0n) is 10.3. The molecule has 0 aliphatic heterocycles. The third-order valence-electron chi connectivity index (χ3n) is 2.59. The Balaban J connectivity index is 2.30. The molecule has 0 amide bonds. The van der Waals surface area contributed by atoms with Gasteiger partial charge in [0, 0.05) is 17.0 Å². The Bertz CT molecular complexity index is 554. The maximum atomic E-state index is 13.2. The van der Waals surface area contributed by atoms with Gasteiger partial charge in [-0.1, -0.05) is 6.92 Å². The Hall–Kier alpha value is -0.780. The molecule has 0 saturated carbocycles. The van der Waals surface area contributed by atoms with Crippen molar-refractivity contribution in [2.45, 2.75) is 20.4 Å². The van der Waals surface area contributed by atoms with Crippen LogP contribution in [0.25, 0.3) is 10.6 Å². The van der Waals surface area contributed by atoms with Crippen molar-refractivity contribution >= 4 is 27.3 Å². The van der Waals surface area contributed by atoms with Gasteiger partial charge in [-0.2, -0.15) is 0 Å². The lowest BCUT2D eigenvalue weighted by Gasteiger charge is -1.99. The summed E-state index contributed by atoms with van der Waals surface area (Å²) in [6.07, 6.45) is 0. The number of nitrogens with one attached hydrogen (secondary N) is 1. The van der Waals surface area contributed by atoms with Crippen LogP contribution in [0.15, 0.2) is 22.7 Å². The van der Waals surface area contributed by atoms with Crippen molar-refractivity contribution in [2.24, 2.45) is 0 Å². The Morgan fingerprint density at radius 2 is 2.22 bits per heavy atom. The number of hydrogen-bond acceptors (Lipinski definition) is 3. The SMILES string of the molecule is CCNCc1sc(-c2ccc(F)c(Br)c2)nc1C. The van der Waals surface area contributed by atoms with E-state index in [-0.39, 0.29) is 5.82 Å². The smallest absolute Gasteiger partial charge is 0.137 e. The quantitative estimate of drug-likeness (QED) is 0.912. The van der Waals surface area contributed by atoms with Crippen LogP contribution >= 0.6 is 27.3 Å². The largest absolute Gasteiger partial charge is 0.312 e. The molecule has 96 valence electrons. The molecule has 0 unspecified atom stereocenters. The van der Waals surface area contributed by atoms with Gasteiger partial charge < -0.3 is 5.32 Å². The van der Waals surface area contributed by atoms with Crippen LogP contribution in [0.3, 0.4) is 0 Å². The number of rotatable bonds is 4. The molecule has 2 nitrogen and oxygen atoms in total. The van der Waals surface area contributed by atoms with Gasteiger partial charge in [0.15, 0.2) is 0 Å². The standard InChI is InChI=1S/C13H14BrFN2S/c1-3-16-7-12-8(2)17-13(18-12)9-4-5-11(15)10(14)6-9/h4-6,16H,3,7H2,1-2H3. The number of thiazole rings is 1. The topological polar surface area (TPSA) is 24.9 Å². The highest BCUT2D eigenvalue weighted by molar-refractivity contribution is 9.10. The third-order valence-corrected chi connectivity index (χ3v) is 4.41. The molecule has 5 heteroatoms. The summed E-state index contributed by atoms with van der Waals surface area (Å²) in [7, 11) is 0. The Labute approximate surface area is 118 Å². The molecule has 0 aliphatic rings. The van der Waals surface area contributed by atoms with Crippen LogP contribution < -0.4 is 5.32 Å². The first-order valence-electron chi connectivity index (χ1n) is 5.74. The normalized spacial score (nSPS) is 10.9. The molecule has 1 N–H and O–H groups in total. The van der Waals surface area contributed by atoms with Crippen molar-refractivity contribution in [1.82, 2.24) is 10.3 Å². The van der Waals surface area contributed by atoms with Gasteiger partial charge in [-0.15, -0.1) is 11.3 Å². The van der Waals surface area contributed by atoms with Crippen molar-refractivity contribution in [2.75, 3.05) is 6.54 Å². The summed E-state index contributed by atoms with van der Waals surface area (Å²) < 4.78 is 13.7. The lowest BCUT2D eigenvalue weighted by molar-refractivity contribution is 0.621. The Morgan fingerprint density at radius 1 is 1.44 bits per heavy atom. The fourth-order valence-electron chi connectivity index (χ4n) is 1.58. The van der Waals surface area contributed by atoms with E-state index in [1.807, 2.05) is 6.92 Å². The molecule has 1 aromatic carbocycles. The molecule has 0 spiro atoms. The van der Waals surface area contributed by atoms with Crippen LogP contribution in [0.4, 0.5) is 4.39 Å². The summed E-state index contributed by atoms with van der Waals surface area (Å²) in [6.45, 7) is 5.86. The zero-order valence-corrected chi connectivity index (χ0v) is 12.7. The van der Waals surface area contributed by atoms with Gasteiger partial charge in [0.2, 0.25) is 0 Å². The lowest BCUT2D eigenvalue weighted by Crippen LogP contribution is -2.11. The van der Waals surface area contributed by atoms with Crippen molar-refractivity contribution in [3.05, 3.63) is 39.1 Å². The molecule has 0 bridgehead atoms. The van der Waals surface area contributed by atoms with Crippen LogP contribution in [-0.4, -0.2) is 11.5 Å². The van der Waals surface area contributed by atoms with Crippen LogP contribution in [0, 0.1) is 12.7 Å². The second-order valence-electron chi connectivity index (χ2n) is 3.94. The van der Waals surface area contributed by atoms with Crippen LogP contribution in [0.2, 0.25) is 0 Å². The molecular weight excluding hydrogens is 315 g/mol. The number of benzene rings is 1. The summed E-state index contributed by atoms with van der Waals surface area (Å²) in [5, 5.41) is 4.22. The monoisotopic (exact) mass is 328 g/mol. The molecule has 0 radical (unpaired) electrons. The van der Waals surface area contributed by atoms with Gasteiger partial charge in [0.1, 0.15) is 10.8 Å². The maximum absolute atomic E-state index is 13.2. The van der Waals surface area contributed by atoms with E-state index < -0.39 is 0 Å². The zero-order chi connectivity index (χ0) is 13.1. The fraction of sp³-hybridized carbons (Fsp3) is 0.308. The minimum Gasteiger partial charge on any atom is -0.312 e. The van der Waals surface area contributed by atoms with Gasteiger partial charge in [0.05, 0.1) is 10.2 Å². The van der Waals surface area contributed by atoms with E-state index >= 15 is 0 Å². The Morgan fingerprint density at radius 3 is 2.89 bits per heavy atom. The molecule has 0 atom stereocenters. The fourth-order valence-corrected chi connectivity index (χ4v) is 2.99. The van der Waals surface area contributed by atoms with Crippen molar-refractivity contribution in [1.29, 1.82) is 0 Å². The molecule has 2 rings (SSSR count). The predicted octanol–water partition coefficient (Wildman–Crippen LogP) is 4.13. The average molecular weight is 329 g/mol. The Kier molecular flexibility index (Phi) is 4.48. The highest BCUT2D eigenvalue weighted by Crippen LogP contribution is 2.30.